The maximum absolute atomic E-state index is 12.8. The molecule has 1 N–H and O–H groups in total. The summed E-state index contributed by atoms with van der Waals surface area (Å²) in [6, 6.07) is 5.24. The molecule has 25 heavy (non-hydrogen) atoms. The number of halogens is 1. The van der Waals surface area contributed by atoms with Gasteiger partial charge in [-0.25, -0.2) is 0 Å². The van der Waals surface area contributed by atoms with Crippen LogP contribution in [-0.2, 0) is 14.3 Å². The molecule has 1 aliphatic rings. The van der Waals surface area contributed by atoms with Gasteiger partial charge in [0.2, 0.25) is 0 Å². The minimum atomic E-state index is -0.749. The van der Waals surface area contributed by atoms with E-state index >= 15 is 0 Å². The van der Waals surface area contributed by atoms with Crippen LogP contribution in [0.4, 0.5) is 5.69 Å². The number of methoxy groups -OCH3 is 2. The van der Waals surface area contributed by atoms with Gasteiger partial charge in [0.15, 0.2) is 0 Å². The van der Waals surface area contributed by atoms with Crippen molar-refractivity contribution in [2.45, 2.75) is 51.2 Å². The Bertz CT molecular complexity index is 585. The molecule has 0 saturated heterocycles. The lowest BCUT2D eigenvalue weighted by Crippen LogP contribution is -2.47. The lowest BCUT2D eigenvalue weighted by atomic mass is 9.79. The SMILES string of the molecule is COCC(C)Oc1ccc(NC(=O)C2(OC)CCC(C)CC2)cc1Cl. The lowest BCUT2D eigenvalue weighted by Gasteiger charge is -2.36. The fourth-order valence-corrected chi connectivity index (χ4v) is 3.38. The third-order valence-electron chi connectivity index (χ3n) is 4.81. The van der Waals surface area contributed by atoms with E-state index in [0.717, 1.165) is 25.7 Å². The first-order chi connectivity index (χ1) is 11.9. The zero-order valence-electron chi connectivity index (χ0n) is 15.4. The number of benzene rings is 1. The molecule has 0 spiro atoms. The van der Waals surface area contributed by atoms with Crippen molar-refractivity contribution >= 4 is 23.2 Å². The summed E-state index contributed by atoms with van der Waals surface area (Å²) < 4.78 is 16.4. The monoisotopic (exact) mass is 369 g/mol. The Morgan fingerprint density at radius 2 is 2.04 bits per heavy atom. The average molecular weight is 370 g/mol. The van der Waals surface area contributed by atoms with Gasteiger partial charge in [-0.2, -0.15) is 0 Å². The average Bonchev–Trinajstić information content (AvgIpc) is 2.58. The van der Waals surface area contributed by atoms with E-state index in [1.165, 1.54) is 0 Å². The summed E-state index contributed by atoms with van der Waals surface area (Å²) in [6.45, 7) is 4.59. The molecule has 1 amide bonds. The molecule has 140 valence electrons. The Balaban J connectivity index is 2.04. The molecular weight excluding hydrogens is 342 g/mol. The zero-order valence-corrected chi connectivity index (χ0v) is 16.2. The standard InChI is InChI=1S/C19H28ClNO4/c1-13-7-9-19(24-4,10-8-13)18(22)21-15-5-6-17(16(20)11-15)25-14(2)12-23-3/h5-6,11,13-14H,7-10,12H2,1-4H3,(H,21,22). The highest BCUT2D eigenvalue weighted by Gasteiger charge is 2.41. The molecule has 5 nitrogen and oxygen atoms in total. The number of amides is 1. The molecule has 0 aromatic heterocycles. The normalized spacial score (nSPS) is 24.6. The van der Waals surface area contributed by atoms with Crippen LogP contribution >= 0.6 is 11.6 Å². The van der Waals surface area contributed by atoms with Crippen LogP contribution in [0, 0.1) is 5.92 Å². The molecule has 0 aliphatic heterocycles. The summed E-state index contributed by atoms with van der Waals surface area (Å²) in [7, 11) is 3.23. The van der Waals surface area contributed by atoms with E-state index in [-0.39, 0.29) is 12.0 Å². The quantitative estimate of drug-likeness (QED) is 0.779. The maximum Gasteiger partial charge on any atom is 0.256 e. The second-order valence-corrected chi connectivity index (χ2v) is 7.27. The van der Waals surface area contributed by atoms with Crippen LogP contribution in [0.1, 0.15) is 39.5 Å². The number of rotatable bonds is 7. The third-order valence-corrected chi connectivity index (χ3v) is 5.10. The summed E-state index contributed by atoms with van der Waals surface area (Å²) in [4.78, 5) is 12.8. The van der Waals surface area contributed by atoms with Crippen LogP contribution < -0.4 is 10.1 Å². The highest BCUT2D eigenvalue weighted by atomic mass is 35.5. The topological polar surface area (TPSA) is 56.8 Å². The van der Waals surface area contributed by atoms with E-state index in [2.05, 4.69) is 12.2 Å². The molecule has 1 saturated carbocycles. The minimum absolute atomic E-state index is 0.107. The Hall–Kier alpha value is -1.30. The minimum Gasteiger partial charge on any atom is -0.487 e. The van der Waals surface area contributed by atoms with Crippen LogP contribution in [0.15, 0.2) is 18.2 Å². The second-order valence-electron chi connectivity index (χ2n) is 6.86. The Morgan fingerprint density at radius 3 is 2.60 bits per heavy atom. The van der Waals surface area contributed by atoms with Crippen molar-refractivity contribution in [3.05, 3.63) is 23.2 Å². The summed E-state index contributed by atoms with van der Waals surface area (Å²) in [5, 5.41) is 3.38. The predicted molar refractivity (Wildman–Crippen MR) is 99.4 cm³/mol. The van der Waals surface area contributed by atoms with Gasteiger partial charge in [0, 0.05) is 19.9 Å². The maximum atomic E-state index is 12.8. The highest BCUT2D eigenvalue weighted by Crippen LogP contribution is 2.36. The van der Waals surface area contributed by atoms with Gasteiger partial charge in [-0.05, 0) is 56.7 Å². The van der Waals surface area contributed by atoms with Crippen molar-refractivity contribution in [3.8, 4) is 5.75 Å². The first-order valence-corrected chi connectivity index (χ1v) is 9.09. The molecule has 6 heteroatoms. The van der Waals surface area contributed by atoms with E-state index in [1.807, 2.05) is 6.92 Å². The van der Waals surface area contributed by atoms with Gasteiger partial charge < -0.3 is 19.5 Å². The van der Waals surface area contributed by atoms with Gasteiger partial charge in [0.1, 0.15) is 17.5 Å². The summed E-state index contributed by atoms with van der Waals surface area (Å²) in [5.41, 5.74) is -0.113. The third kappa shape index (κ3) is 5.09. The van der Waals surface area contributed by atoms with E-state index in [1.54, 1.807) is 32.4 Å². The first kappa shape index (κ1) is 20.0. The number of ether oxygens (including phenoxy) is 3. The first-order valence-electron chi connectivity index (χ1n) is 8.72. The lowest BCUT2D eigenvalue weighted by molar-refractivity contribution is -0.142. The summed E-state index contributed by atoms with van der Waals surface area (Å²) >= 11 is 6.28. The number of hydrogen-bond donors (Lipinski definition) is 1. The summed E-state index contributed by atoms with van der Waals surface area (Å²) in [5.74, 6) is 1.09. The van der Waals surface area contributed by atoms with Gasteiger partial charge >= 0.3 is 0 Å². The van der Waals surface area contributed by atoms with E-state index in [0.29, 0.717) is 29.0 Å². The highest BCUT2D eigenvalue weighted by molar-refractivity contribution is 6.32. The molecule has 1 unspecified atom stereocenters. The Kier molecular flexibility index (Phi) is 7.11. The molecule has 1 fully saturated rings. The fraction of sp³-hybridized carbons (Fsp3) is 0.632. The van der Waals surface area contributed by atoms with Crippen LogP contribution in [0.2, 0.25) is 5.02 Å². The van der Waals surface area contributed by atoms with E-state index in [9.17, 15) is 4.79 Å². The number of hydrogen-bond acceptors (Lipinski definition) is 4. The molecule has 1 aromatic carbocycles. The van der Waals surface area contributed by atoms with Crippen LogP contribution in [0.3, 0.4) is 0 Å². The predicted octanol–water partition coefficient (Wildman–Crippen LogP) is 4.29. The largest absolute Gasteiger partial charge is 0.487 e. The Morgan fingerprint density at radius 1 is 1.36 bits per heavy atom. The molecule has 2 rings (SSSR count). The van der Waals surface area contributed by atoms with Crippen molar-refractivity contribution in [1.82, 2.24) is 0 Å². The summed E-state index contributed by atoms with van der Waals surface area (Å²) in [6.07, 6.45) is 3.35. The molecule has 0 heterocycles. The van der Waals surface area contributed by atoms with Gasteiger partial charge in [-0.3, -0.25) is 4.79 Å². The van der Waals surface area contributed by atoms with Gasteiger partial charge in [-0.1, -0.05) is 18.5 Å². The van der Waals surface area contributed by atoms with Crippen LogP contribution in [0.5, 0.6) is 5.75 Å². The van der Waals surface area contributed by atoms with Crippen LogP contribution in [0.25, 0.3) is 0 Å². The van der Waals surface area contributed by atoms with Crippen molar-refractivity contribution in [2.75, 3.05) is 26.1 Å². The molecule has 1 aromatic rings. The van der Waals surface area contributed by atoms with Gasteiger partial charge in [-0.15, -0.1) is 0 Å². The Labute approximate surface area is 155 Å². The molecule has 1 aliphatic carbocycles. The van der Waals surface area contributed by atoms with E-state index < -0.39 is 5.60 Å². The van der Waals surface area contributed by atoms with Crippen molar-refractivity contribution in [2.24, 2.45) is 5.92 Å². The van der Waals surface area contributed by atoms with Gasteiger partial charge in [0.05, 0.1) is 11.6 Å². The van der Waals surface area contributed by atoms with Gasteiger partial charge in [0.25, 0.3) is 5.91 Å². The molecule has 0 bridgehead atoms. The van der Waals surface area contributed by atoms with Crippen molar-refractivity contribution in [1.29, 1.82) is 0 Å². The number of nitrogens with one attached hydrogen (secondary N) is 1. The number of anilines is 1. The molecular formula is C19H28ClNO4. The van der Waals surface area contributed by atoms with Crippen LogP contribution in [-0.4, -0.2) is 38.4 Å². The fourth-order valence-electron chi connectivity index (χ4n) is 3.16. The molecule has 0 radical (unpaired) electrons. The van der Waals surface area contributed by atoms with Crippen molar-refractivity contribution < 1.29 is 19.0 Å². The zero-order chi connectivity index (χ0) is 18.4. The number of carbonyl (C=O) groups excluding carboxylic acids is 1. The van der Waals surface area contributed by atoms with E-state index in [4.69, 9.17) is 25.8 Å². The second kappa shape index (κ2) is 8.88. The molecule has 1 atom stereocenters. The van der Waals surface area contributed by atoms with Crippen molar-refractivity contribution in [3.63, 3.8) is 0 Å². The number of carbonyl (C=O) groups is 1. The smallest absolute Gasteiger partial charge is 0.256 e.